The van der Waals surface area contributed by atoms with Gasteiger partial charge in [0.05, 0.1) is 6.10 Å². The van der Waals surface area contributed by atoms with Crippen LogP contribution in [0.25, 0.3) is 0 Å². The standard InChI is InChI=1S/C10H16O/c11-10-8-4-5-9(10)7-3-1-2-6(7)8/h6-11H,1-5H2. The van der Waals surface area contributed by atoms with E-state index in [1.54, 1.807) is 0 Å². The summed E-state index contributed by atoms with van der Waals surface area (Å²) in [7, 11) is 0. The second-order valence-corrected chi connectivity index (χ2v) is 4.65. The van der Waals surface area contributed by atoms with Crippen LogP contribution in [0.4, 0.5) is 0 Å². The molecule has 0 heterocycles. The van der Waals surface area contributed by atoms with Gasteiger partial charge in [0.1, 0.15) is 0 Å². The molecule has 0 aliphatic heterocycles. The van der Waals surface area contributed by atoms with Crippen molar-refractivity contribution in [2.45, 2.75) is 38.2 Å². The molecule has 2 bridgehead atoms. The molecule has 62 valence electrons. The zero-order valence-corrected chi connectivity index (χ0v) is 6.87. The van der Waals surface area contributed by atoms with Gasteiger partial charge in [0.2, 0.25) is 0 Å². The summed E-state index contributed by atoms with van der Waals surface area (Å²) in [5.41, 5.74) is 0. The molecule has 1 heteroatoms. The summed E-state index contributed by atoms with van der Waals surface area (Å²) >= 11 is 0. The van der Waals surface area contributed by atoms with Gasteiger partial charge in [0, 0.05) is 0 Å². The molecule has 3 rings (SSSR count). The smallest absolute Gasteiger partial charge is 0.0602 e. The number of aliphatic hydroxyl groups excluding tert-OH is 1. The molecule has 0 saturated heterocycles. The van der Waals surface area contributed by atoms with Gasteiger partial charge in [0.25, 0.3) is 0 Å². The van der Waals surface area contributed by atoms with E-state index in [1.165, 1.54) is 32.1 Å². The quantitative estimate of drug-likeness (QED) is 0.561. The Morgan fingerprint density at radius 2 is 1.27 bits per heavy atom. The minimum atomic E-state index is 0.102. The van der Waals surface area contributed by atoms with Crippen molar-refractivity contribution in [2.24, 2.45) is 23.7 Å². The largest absolute Gasteiger partial charge is 0.393 e. The molecule has 11 heavy (non-hydrogen) atoms. The molecule has 1 N–H and O–H groups in total. The van der Waals surface area contributed by atoms with Crippen LogP contribution in [-0.4, -0.2) is 11.2 Å². The lowest BCUT2D eigenvalue weighted by Gasteiger charge is -2.22. The van der Waals surface area contributed by atoms with Crippen LogP contribution in [0.5, 0.6) is 0 Å². The molecule has 0 spiro atoms. The molecule has 0 radical (unpaired) electrons. The molecule has 4 atom stereocenters. The molecule has 3 fully saturated rings. The second-order valence-electron chi connectivity index (χ2n) is 4.65. The van der Waals surface area contributed by atoms with Crippen molar-refractivity contribution in [3.63, 3.8) is 0 Å². The van der Waals surface area contributed by atoms with Crippen LogP contribution in [0, 0.1) is 23.7 Å². The van der Waals surface area contributed by atoms with Gasteiger partial charge in [-0.1, -0.05) is 6.42 Å². The average molecular weight is 152 g/mol. The Bertz CT molecular complexity index is 150. The SMILES string of the molecule is OC1C2CCC1C1CCCC21. The van der Waals surface area contributed by atoms with Crippen LogP contribution in [0.15, 0.2) is 0 Å². The first-order valence-electron chi connectivity index (χ1n) is 5.06. The molecular weight excluding hydrogens is 136 g/mol. The summed E-state index contributed by atoms with van der Waals surface area (Å²) in [6.45, 7) is 0. The zero-order chi connectivity index (χ0) is 7.42. The summed E-state index contributed by atoms with van der Waals surface area (Å²) in [5, 5.41) is 9.83. The number of rotatable bonds is 0. The van der Waals surface area contributed by atoms with Crippen LogP contribution in [0.3, 0.4) is 0 Å². The Balaban J connectivity index is 1.94. The van der Waals surface area contributed by atoms with Crippen molar-refractivity contribution in [1.82, 2.24) is 0 Å². The predicted molar refractivity (Wildman–Crippen MR) is 43.1 cm³/mol. The summed E-state index contributed by atoms with van der Waals surface area (Å²) < 4.78 is 0. The van der Waals surface area contributed by atoms with Gasteiger partial charge in [-0.2, -0.15) is 0 Å². The molecule has 0 aromatic heterocycles. The van der Waals surface area contributed by atoms with Gasteiger partial charge in [-0.3, -0.25) is 0 Å². The summed E-state index contributed by atoms with van der Waals surface area (Å²) in [6.07, 6.45) is 7.03. The number of hydrogen-bond donors (Lipinski definition) is 1. The van der Waals surface area contributed by atoms with Crippen molar-refractivity contribution in [1.29, 1.82) is 0 Å². The fraction of sp³-hybridized carbons (Fsp3) is 1.00. The van der Waals surface area contributed by atoms with E-state index in [2.05, 4.69) is 0 Å². The van der Waals surface area contributed by atoms with Gasteiger partial charge in [-0.15, -0.1) is 0 Å². The van der Waals surface area contributed by atoms with Crippen LogP contribution in [0.2, 0.25) is 0 Å². The summed E-state index contributed by atoms with van der Waals surface area (Å²) in [4.78, 5) is 0. The first kappa shape index (κ1) is 6.47. The maximum absolute atomic E-state index is 9.83. The van der Waals surface area contributed by atoms with Gasteiger partial charge in [0.15, 0.2) is 0 Å². The van der Waals surface area contributed by atoms with Crippen molar-refractivity contribution < 1.29 is 5.11 Å². The molecular formula is C10H16O. The highest BCUT2D eigenvalue weighted by Gasteiger charge is 2.54. The Kier molecular flexibility index (Phi) is 1.18. The van der Waals surface area contributed by atoms with Crippen LogP contribution < -0.4 is 0 Å². The fourth-order valence-electron chi connectivity index (χ4n) is 4.06. The number of aliphatic hydroxyl groups is 1. The lowest BCUT2D eigenvalue weighted by atomic mass is 9.82. The van der Waals surface area contributed by atoms with Crippen LogP contribution in [0.1, 0.15) is 32.1 Å². The van der Waals surface area contributed by atoms with E-state index in [0.29, 0.717) is 11.8 Å². The number of hydrogen-bond acceptors (Lipinski definition) is 1. The highest BCUT2D eigenvalue weighted by Crippen LogP contribution is 2.58. The third-order valence-corrected chi connectivity index (χ3v) is 4.44. The first-order valence-corrected chi connectivity index (χ1v) is 5.06. The van der Waals surface area contributed by atoms with Gasteiger partial charge >= 0.3 is 0 Å². The van der Waals surface area contributed by atoms with Crippen molar-refractivity contribution in [3.8, 4) is 0 Å². The van der Waals surface area contributed by atoms with E-state index < -0.39 is 0 Å². The third-order valence-electron chi connectivity index (χ3n) is 4.44. The molecule has 3 aliphatic rings. The number of fused-ring (bicyclic) bond motifs is 5. The van der Waals surface area contributed by atoms with E-state index in [-0.39, 0.29) is 6.10 Å². The van der Waals surface area contributed by atoms with E-state index in [4.69, 9.17) is 0 Å². The van der Waals surface area contributed by atoms with Crippen LogP contribution in [-0.2, 0) is 0 Å². The zero-order valence-electron chi connectivity index (χ0n) is 6.87. The van der Waals surface area contributed by atoms with Gasteiger partial charge < -0.3 is 5.11 Å². The van der Waals surface area contributed by atoms with E-state index in [0.717, 1.165) is 11.8 Å². The Morgan fingerprint density at radius 3 is 1.82 bits per heavy atom. The van der Waals surface area contributed by atoms with E-state index in [1.807, 2.05) is 0 Å². The lowest BCUT2D eigenvalue weighted by Crippen LogP contribution is -2.15. The normalized spacial score (nSPS) is 60.3. The van der Waals surface area contributed by atoms with Crippen molar-refractivity contribution >= 4 is 0 Å². The van der Waals surface area contributed by atoms with Crippen molar-refractivity contribution in [2.75, 3.05) is 0 Å². The maximum Gasteiger partial charge on any atom is 0.0602 e. The molecule has 3 saturated carbocycles. The van der Waals surface area contributed by atoms with Crippen molar-refractivity contribution in [3.05, 3.63) is 0 Å². The molecule has 0 aromatic carbocycles. The molecule has 1 nitrogen and oxygen atoms in total. The van der Waals surface area contributed by atoms with E-state index in [9.17, 15) is 5.11 Å². The summed E-state index contributed by atoms with van der Waals surface area (Å²) in [6, 6.07) is 0. The monoisotopic (exact) mass is 152 g/mol. The highest BCUT2D eigenvalue weighted by atomic mass is 16.3. The highest BCUT2D eigenvalue weighted by molar-refractivity contribution is 5.04. The Hall–Kier alpha value is -0.0400. The maximum atomic E-state index is 9.83. The van der Waals surface area contributed by atoms with E-state index >= 15 is 0 Å². The first-order chi connectivity index (χ1) is 5.38. The fourth-order valence-corrected chi connectivity index (χ4v) is 4.06. The molecule has 4 unspecified atom stereocenters. The molecule has 0 aromatic rings. The van der Waals surface area contributed by atoms with Gasteiger partial charge in [-0.25, -0.2) is 0 Å². The molecule has 0 amide bonds. The Labute approximate surface area is 67.8 Å². The molecule has 3 aliphatic carbocycles. The van der Waals surface area contributed by atoms with Gasteiger partial charge in [-0.05, 0) is 49.4 Å². The predicted octanol–water partition coefficient (Wildman–Crippen LogP) is 1.80. The lowest BCUT2D eigenvalue weighted by molar-refractivity contribution is 0.114. The third kappa shape index (κ3) is 0.658. The Morgan fingerprint density at radius 1 is 0.727 bits per heavy atom. The minimum absolute atomic E-state index is 0.102. The van der Waals surface area contributed by atoms with Crippen LogP contribution >= 0.6 is 0 Å². The average Bonchev–Trinajstić information content (AvgIpc) is 2.61. The second kappa shape index (κ2) is 2.01. The topological polar surface area (TPSA) is 20.2 Å². The summed E-state index contributed by atoms with van der Waals surface area (Å²) in [5.74, 6) is 3.30. The minimum Gasteiger partial charge on any atom is -0.393 e.